The minimum atomic E-state index is -3.75. The van der Waals surface area contributed by atoms with Crippen molar-refractivity contribution in [2.24, 2.45) is 11.7 Å². The summed E-state index contributed by atoms with van der Waals surface area (Å²) in [6.07, 6.45) is 4.16. The molecule has 136 valence electrons. The van der Waals surface area contributed by atoms with Crippen LogP contribution in [0.4, 0.5) is 0 Å². The van der Waals surface area contributed by atoms with E-state index >= 15 is 0 Å². The largest absolute Gasteiger partial charge is 0.465 e. The van der Waals surface area contributed by atoms with Gasteiger partial charge in [-0.1, -0.05) is 24.4 Å². The maximum absolute atomic E-state index is 12.5. The fourth-order valence-electron chi connectivity index (χ4n) is 2.90. The third-order valence-electron chi connectivity index (χ3n) is 4.19. The van der Waals surface area contributed by atoms with E-state index in [-0.39, 0.29) is 46.4 Å². The molecule has 1 aromatic rings. The van der Waals surface area contributed by atoms with Gasteiger partial charge in [-0.05, 0) is 37.0 Å². The number of carbonyl (C=O) groups excluding carboxylic acids is 1. The van der Waals surface area contributed by atoms with Crippen molar-refractivity contribution in [3.63, 3.8) is 0 Å². The molecular formula is C15H22Cl2N2O4S. The van der Waals surface area contributed by atoms with Gasteiger partial charge in [0.25, 0.3) is 0 Å². The van der Waals surface area contributed by atoms with E-state index in [1.165, 1.54) is 25.3 Å². The van der Waals surface area contributed by atoms with Gasteiger partial charge in [-0.25, -0.2) is 17.9 Å². The Morgan fingerprint density at radius 1 is 1.42 bits per heavy atom. The van der Waals surface area contributed by atoms with E-state index < -0.39 is 16.0 Å². The Kier molecular flexibility index (Phi) is 7.95. The van der Waals surface area contributed by atoms with Crippen LogP contribution in [0.3, 0.4) is 0 Å². The Balaban J connectivity index is 0.00000288. The van der Waals surface area contributed by atoms with E-state index in [0.29, 0.717) is 0 Å². The lowest BCUT2D eigenvalue weighted by Gasteiger charge is -2.23. The zero-order valence-electron chi connectivity index (χ0n) is 13.3. The van der Waals surface area contributed by atoms with Gasteiger partial charge in [-0.3, -0.25) is 0 Å². The molecule has 0 heterocycles. The molecule has 24 heavy (non-hydrogen) atoms. The van der Waals surface area contributed by atoms with Crippen molar-refractivity contribution in [2.75, 3.05) is 13.7 Å². The van der Waals surface area contributed by atoms with Gasteiger partial charge in [0.2, 0.25) is 10.0 Å². The van der Waals surface area contributed by atoms with E-state index in [0.717, 1.165) is 25.7 Å². The third-order valence-corrected chi connectivity index (χ3v) is 5.99. The zero-order chi connectivity index (χ0) is 17.0. The lowest BCUT2D eigenvalue weighted by Crippen LogP contribution is -2.44. The average molecular weight is 397 g/mol. The Morgan fingerprint density at radius 2 is 2.04 bits per heavy atom. The fraction of sp³-hybridized carbons (Fsp3) is 0.533. The van der Waals surface area contributed by atoms with Crippen molar-refractivity contribution >= 4 is 40.0 Å². The van der Waals surface area contributed by atoms with E-state index in [4.69, 9.17) is 17.3 Å². The minimum Gasteiger partial charge on any atom is -0.465 e. The molecule has 0 radical (unpaired) electrons. The van der Waals surface area contributed by atoms with Crippen LogP contribution in [0.2, 0.25) is 5.02 Å². The molecular weight excluding hydrogens is 375 g/mol. The van der Waals surface area contributed by atoms with E-state index in [1.807, 2.05) is 0 Å². The number of sulfonamides is 1. The Labute approximate surface area is 153 Å². The number of nitrogens with one attached hydrogen (secondary N) is 1. The highest BCUT2D eigenvalue weighted by Gasteiger charge is 2.28. The van der Waals surface area contributed by atoms with E-state index in [2.05, 4.69) is 9.46 Å². The van der Waals surface area contributed by atoms with Gasteiger partial charge < -0.3 is 10.5 Å². The van der Waals surface area contributed by atoms with E-state index in [9.17, 15) is 13.2 Å². The quantitative estimate of drug-likeness (QED) is 0.718. The number of nitrogens with two attached hydrogens (primary N) is 1. The Morgan fingerprint density at radius 3 is 2.54 bits per heavy atom. The van der Waals surface area contributed by atoms with Crippen LogP contribution in [-0.2, 0) is 14.8 Å². The highest BCUT2D eigenvalue weighted by atomic mass is 35.5. The molecule has 1 aliphatic rings. The molecule has 3 N–H and O–H groups in total. The molecule has 0 aliphatic heterocycles. The first kappa shape index (κ1) is 21.2. The summed E-state index contributed by atoms with van der Waals surface area (Å²) in [5, 5.41) is 0.0323. The normalized spacial score (nSPS) is 16.5. The molecule has 1 fully saturated rings. The number of halogens is 2. The van der Waals surface area contributed by atoms with Gasteiger partial charge in [-0.2, -0.15) is 0 Å². The van der Waals surface area contributed by atoms with Gasteiger partial charge in [0, 0.05) is 12.6 Å². The van der Waals surface area contributed by atoms with Gasteiger partial charge in [0.15, 0.2) is 0 Å². The summed E-state index contributed by atoms with van der Waals surface area (Å²) in [5.74, 6) is -0.350. The second-order valence-electron chi connectivity index (χ2n) is 5.64. The molecule has 0 saturated heterocycles. The van der Waals surface area contributed by atoms with Crippen LogP contribution in [0.25, 0.3) is 0 Å². The van der Waals surface area contributed by atoms with Crippen LogP contribution in [0.5, 0.6) is 0 Å². The first-order valence-corrected chi connectivity index (χ1v) is 9.35. The van der Waals surface area contributed by atoms with Gasteiger partial charge in [0.1, 0.15) is 0 Å². The predicted octanol–water partition coefficient (Wildman–Crippen LogP) is 2.34. The van der Waals surface area contributed by atoms with Crippen LogP contribution in [-0.4, -0.2) is 34.1 Å². The summed E-state index contributed by atoms with van der Waals surface area (Å²) in [5.41, 5.74) is 5.86. The van der Waals surface area contributed by atoms with Gasteiger partial charge in [-0.15, -0.1) is 12.4 Å². The van der Waals surface area contributed by atoms with Crippen molar-refractivity contribution in [3.8, 4) is 0 Å². The summed E-state index contributed by atoms with van der Waals surface area (Å²) in [6.45, 7) is 0.248. The number of esters is 1. The number of hydrogen-bond donors (Lipinski definition) is 2. The van der Waals surface area contributed by atoms with Crippen molar-refractivity contribution < 1.29 is 17.9 Å². The topological polar surface area (TPSA) is 98.5 Å². The maximum atomic E-state index is 12.5. The Bertz CT molecular complexity index is 676. The summed E-state index contributed by atoms with van der Waals surface area (Å²) >= 11 is 5.99. The minimum absolute atomic E-state index is 0. The maximum Gasteiger partial charge on any atom is 0.339 e. The van der Waals surface area contributed by atoms with Crippen LogP contribution in [0.1, 0.15) is 36.0 Å². The molecule has 6 nitrogen and oxygen atoms in total. The second-order valence-corrected chi connectivity index (χ2v) is 7.76. The standard InChI is InChI=1S/C15H21ClN2O4S.ClH/c1-22-15(19)12-7-6-11(8-13(12)16)23(20,21)18-14(9-17)10-4-2-3-5-10;/h6-8,10,14,18H,2-5,9,17H2,1H3;1H. The fourth-order valence-corrected chi connectivity index (χ4v) is 4.57. The van der Waals surface area contributed by atoms with E-state index in [1.54, 1.807) is 0 Å². The monoisotopic (exact) mass is 396 g/mol. The lowest BCUT2D eigenvalue weighted by atomic mass is 9.99. The molecule has 0 spiro atoms. The van der Waals surface area contributed by atoms with Crippen molar-refractivity contribution in [1.82, 2.24) is 4.72 Å². The van der Waals surface area contributed by atoms with Crippen molar-refractivity contribution in [2.45, 2.75) is 36.6 Å². The molecule has 1 unspecified atom stereocenters. The molecule has 1 atom stereocenters. The molecule has 2 rings (SSSR count). The zero-order valence-corrected chi connectivity index (χ0v) is 15.7. The number of carbonyl (C=O) groups is 1. The van der Waals surface area contributed by atoms with Gasteiger partial charge in [0.05, 0.1) is 22.6 Å². The predicted molar refractivity (Wildman–Crippen MR) is 95.2 cm³/mol. The van der Waals surface area contributed by atoms with Crippen molar-refractivity contribution in [3.05, 3.63) is 28.8 Å². The van der Waals surface area contributed by atoms with Crippen LogP contribution in [0.15, 0.2) is 23.1 Å². The number of benzene rings is 1. The number of methoxy groups -OCH3 is 1. The molecule has 9 heteroatoms. The molecule has 0 bridgehead atoms. The Hall–Kier alpha value is -0.860. The molecule has 1 aliphatic carbocycles. The number of ether oxygens (including phenoxy) is 1. The first-order valence-electron chi connectivity index (χ1n) is 7.49. The van der Waals surface area contributed by atoms with Gasteiger partial charge >= 0.3 is 5.97 Å². The summed E-state index contributed by atoms with van der Waals surface area (Å²) < 4.78 is 32.3. The molecule has 0 aromatic heterocycles. The second kappa shape index (κ2) is 9.01. The summed E-state index contributed by atoms with van der Waals surface area (Å²) in [6, 6.07) is 3.64. The SMILES string of the molecule is COC(=O)c1ccc(S(=O)(=O)NC(CN)C2CCCC2)cc1Cl.Cl. The third kappa shape index (κ3) is 4.83. The molecule has 1 saturated carbocycles. The average Bonchev–Trinajstić information content (AvgIpc) is 3.06. The number of rotatable bonds is 6. The van der Waals surface area contributed by atoms with Crippen LogP contribution in [0, 0.1) is 5.92 Å². The highest BCUT2D eigenvalue weighted by molar-refractivity contribution is 7.89. The first-order chi connectivity index (χ1) is 10.9. The smallest absolute Gasteiger partial charge is 0.339 e. The van der Waals surface area contributed by atoms with Crippen molar-refractivity contribution in [1.29, 1.82) is 0 Å². The molecule has 0 amide bonds. The number of hydrogen-bond acceptors (Lipinski definition) is 5. The highest BCUT2D eigenvalue weighted by Crippen LogP contribution is 2.28. The summed E-state index contributed by atoms with van der Waals surface area (Å²) in [4.78, 5) is 11.5. The molecule has 1 aromatic carbocycles. The van der Waals surface area contributed by atoms with Crippen LogP contribution < -0.4 is 10.5 Å². The van der Waals surface area contributed by atoms with Crippen LogP contribution >= 0.6 is 24.0 Å². The lowest BCUT2D eigenvalue weighted by molar-refractivity contribution is 0.0601. The summed E-state index contributed by atoms with van der Waals surface area (Å²) in [7, 11) is -2.51.